The Balaban J connectivity index is 2.54. The Kier molecular flexibility index (Phi) is 5.74. The van der Waals surface area contributed by atoms with Crippen molar-refractivity contribution in [2.75, 3.05) is 20.2 Å². The van der Waals surface area contributed by atoms with E-state index < -0.39 is 12.1 Å². The molecule has 0 saturated carbocycles. The van der Waals surface area contributed by atoms with Gasteiger partial charge in [0, 0.05) is 19.7 Å². The molecule has 100 valence electrons. The van der Waals surface area contributed by atoms with Crippen molar-refractivity contribution in [3.8, 4) is 0 Å². The fraction of sp³-hybridized carbons (Fsp3) is 0.462. The summed E-state index contributed by atoms with van der Waals surface area (Å²) in [7, 11) is 1.78. The summed E-state index contributed by atoms with van der Waals surface area (Å²) in [5, 5.41) is 8.95. The van der Waals surface area contributed by atoms with Crippen molar-refractivity contribution in [3.05, 3.63) is 35.6 Å². The van der Waals surface area contributed by atoms with Gasteiger partial charge in [0.1, 0.15) is 5.82 Å². The molecule has 1 atom stereocenters. The Hall–Kier alpha value is -1.46. The lowest BCUT2D eigenvalue weighted by Gasteiger charge is -2.21. The number of carbonyl (C=O) groups is 1. The highest BCUT2D eigenvalue weighted by Crippen LogP contribution is 2.07. The topological polar surface area (TPSA) is 49.8 Å². The number of halogens is 1. The molecule has 0 aliphatic carbocycles. The van der Waals surface area contributed by atoms with Gasteiger partial charge in [-0.3, -0.25) is 4.90 Å². The molecular formula is C13H18FNO3. The van der Waals surface area contributed by atoms with E-state index >= 15 is 0 Å². The molecule has 1 unspecified atom stereocenters. The van der Waals surface area contributed by atoms with Crippen molar-refractivity contribution in [2.45, 2.75) is 19.6 Å². The normalized spacial score (nSPS) is 12.7. The van der Waals surface area contributed by atoms with Crippen LogP contribution in [-0.2, 0) is 16.1 Å². The quantitative estimate of drug-likeness (QED) is 0.806. The first kappa shape index (κ1) is 14.6. The third kappa shape index (κ3) is 4.81. The van der Waals surface area contributed by atoms with Crippen LogP contribution in [0.3, 0.4) is 0 Å². The molecule has 0 spiro atoms. The number of ether oxygens (including phenoxy) is 1. The summed E-state index contributed by atoms with van der Waals surface area (Å²) >= 11 is 0. The van der Waals surface area contributed by atoms with Crippen LogP contribution in [0.15, 0.2) is 24.3 Å². The molecule has 0 radical (unpaired) electrons. The molecule has 1 rings (SSSR count). The lowest BCUT2D eigenvalue weighted by molar-refractivity contribution is -0.151. The molecule has 0 aliphatic rings. The summed E-state index contributed by atoms with van der Waals surface area (Å²) in [4.78, 5) is 12.7. The molecule has 0 bridgehead atoms. The van der Waals surface area contributed by atoms with Crippen LogP contribution in [0.25, 0.3) is 0 Å². The molecule has 18 heavy (non-hydrogen) atoms. The van der Waals surface area contributed by atoms with E-state index in [2.05, 4.69) is 0 Å². The average Bonchev–Trinajstić information content (AvgIpc) is 2.28. The van der Waals surface area contributed by atoms with Gasteiger partial charge in [0.2, 0.25) is 0 Å². The van der Waals surface area contributed by atoms with E-state index in [1.165, 1.54) is 12.1 Å². The molecule has 1 aromatic carbocycles. The second-order valence-electron chi connectivity index (χ2n) is 4.11. The fourth-order valence-corrected chi connectivity index (χ4v) is 1.70. The van der Waals surface area contributed by atoms with Gasteiger partial charge in [-0.2, -0.15) is 0 Å². The highest BCUT2D eigenvalue weighted by atomic mass is 19.1. The number of hydrogen-bond donors (Lipinski definition) is 1. The lowest BCUT2D eigenvalue weighted by Crippen LogP contribution is -2.36. The van der Waals surface area contributed by atoms with Crippen LogP contribution >= 0.6 is 0 Å². The number of nitrogens with zero attached hydrogens (tertiary/aromatic N) is 1. The van der Waals surface area contributed by atoms with Crippen molar-refractivity contribution in [3.63, 3.8) is 0 Å². The summed E-state index contributed by atoms with van der Waals surface area (Å²) in [6, 6.07) is 6.25. The van der Waals surface area contributed by atoms with Gasteiger partial charge < -0.3 is 9.84 Å². The van der Waals surface area contributed by atoms with Crippen LogP contribution in [0.5, 0.6) is 0 Å². The van der Waals surface area contributed by atoms with Crippen LogP contribution in [0.1, 0.15) is 12.5 Å². The highest BCUT2D eigenvalue weighted by Gasteiger charge is 2.19. The number of likely N-dealkylation sites (N-methyl/N-ethyl adjacent to an activating group) is 1. The number of carboxylic acids is 1. The first-order valence-electron chi connectivity index (χ1n) is 5.80. The molecular weight excluding hydrogens is 237 g/mol. The first-order valence-corrected chi connectivity index (χ1v) is 5.80. The molecule has 0 amide bonds. The van der Waals surface area contributed by atoms with E-state index in [1.807, 2.05) is 0 Å². The van der Waals surface area contributed by atoms with E-state index in [0.29, 0.717) is 13.2 Å². The van der Waals surface area contributed by atoms with Crippen LogP contribution in [-0.4, -0.2) is 42.3 Å². The third-order valence-corrected chi connectivity index (χ3v) is 2.46. The van der Waals surface area contributed by atoms with Gasteiger partial charge in [0.15, 0.2) is 6.10 Å². The van der Waals surface area contributed by atoms with Gasteiger partial charge >= 0.3 is 5.97 Å². The smallest absolute Gasteiger partial charge is 0.334 e. The fourth-order valence-electron chi connectivity index (χ4n) is 1.70. The summed E-state index contributed by atoms with van der Waals surface area (Å²) in [5.74, 6) is -1.27. The number of hydrogen-bond acceptors (Lipinski definition) is 3. The largest absolute Gasteiger partial charge is 0.479 e. The maximum Gasteiger partial charge on any atom is 0.334 e. The zero-order chi connectivity index (χ0) is 13.5. The minimum atomic E-state index is -0.983. The molecule has 0 heterocycles. The molecule has 0 aliphatic heterocycles. The second kappa shape index (κ2) is 7.08. The van der Waals surface area contributed by atoms with E-state index in [1.54, 1.807) is 31.0 Å². The van der Waals surface area contributed by atoms with Crippen LogP contribution in [0.2, 0.25) is 0 Å². The van der Waals surface area contributed by atoms with Crippen LogP contribution in [0.4, 0.5) is 4.39 Å². The zero-order valence-corrected chi connectivity index (χ0v) is 10.6. The standard InChI is InChI=1S/C13H18FNO3/c1-3-18-12(13(16)17)9-15(2)8-10-5-4-6-11(14)7-10/h4-7,12H,3,8-9H2,1-2H3,(H,16,17). The average molecular weight is 255 g/mol. The maximum atomic E-state index is 13.0. The van der Waals surface area contributed by atoms with Crippen molar-refractivity contribution < 1.29 is 19.0 Å². The third-order valence-electron chi connectivity index (χ3n) is 2.46. The van der Waals surface area contributed by atoms with Gasteiger partial charge in [-0.25, -0.2) is 9.18 Å². The molecule has 4 nitrogen and oxygen atoms in total. The first-order chi connectivity index (χ1) is 8.52. The van der Waals surface area contributed by atoms with Crippen molar-refractivity contribution in [1.29, 1.82) is 0 Å². The number of carboxylic acid groups (broad SMARTS) is 1. The maximum absolute atomic E-state index is 13.0. The van der Waals surface area contributed by atoms with Crippen LogP contribution in [0, 0.1) is 5.82 Å². The van der Waals surface area contributed by atoms with Crippen molar-refractivity contribution in [1.82, 2.24) is 4.90 Å². The highest BCUT2D eigenvalue weighted by molar-refractivity contribution is 5.72. The molecule has 0 aromatic heterocycles. The second-order valence-corrected chi connectivity index (χ2v) is 4.11. The SMILES string of the molecule is CCOC(CN(C)Cc1cccc(F)c1)C(=O)O. The molecule has 1 N–H and O–H groups in total. The van der Waals surface area contributed by atoms with E-state index in [9.17, 15) is 9.18 Å². The molecule has 0 fully saturated rings. The Morgan fingerprint density at radius 2 is 2.28 bits per heavy atom. The van der Waals surface area contributed by atoms with Gasteiger partial charge in [0.25, 0.3) is 0 Å². The summed E-state index contributed by atoms with van der Waals surface area (Å²) in [6.07, 6.45) is -0.853. The lowest BCUT2D eigenvalue weighted by atomic mass is 10.2. The van der Waals surface area contributed by atoms with Gasteiger partial charge in [-0.15, -0.1) is 0 Å². The zero-order valence-electron chi connectivity index (χ0n) is 10.6. The Morgan fingerprint density at radius 1 is 1.56 bits per heavy atom. The Labute approximate surface area is 106 Å². The molecule has 1 aromatic rings. The number of benzene rings is 1. The van der Waals surface area contributed by atoms with Crippen molar-refractivity contribution >= 4 is 5.97 Å². The van der Waals surface area contributed by atoms with Crippen LogP contribution < -0.4 is 0 Å². The summed E-state index contributed by atoms with van der Waals surface area (Å²) in [6.45, 7) is 2.85. The van der Waals surface area contributed by atoms with Gasteiger partial charge in [-0.05, 0) is 31.7 Å². The Bertz CT molecular complexity index is 398. The van der Waals surface area contributed by atoms with Gasteiger partial charge in [0.05, 0.1) is 0 Å². The summed E-state index contributed by atoms with van der Waals surface area (Å²) in [5.41, 5.74) is 0.804. The monoisotopic (exact) mass is 255 g/mol. The van der Waals surface area contributed by atoms with E-state index in [4.69, 9.17) is 9.84 Å². The molecule has 0 saturated heterocycles. The predicted octanol–water partition coefficient (Wildman–Crippen LogP) is 1.75. The number of rotatable bonds is 7. The predicted molar refractivity (Wildman–Crippen MR) is 65.8 cm³/mol. The number of aliphatic carboxylic acids is 1. The molecule has 5 heteroatoms. The van der Waals surface area contributed by atoms with E-state index in [-0.39, 0.29) is 12.4 Å². The minimum Gasteiger partial charge on any atom is -0.479 e. The Morgan fingerprint density at radius 3 is 2.83 bits per heavy atom. The minimum absolute atomic E-state index is 0.264. The van der Waals surface area contributed by atoms with E-state index in [0.717, 1.165) is 5.56 Å². The van der Waals surface area contributed by atoms with Crippen molar-refractivity contribution in [2.24, 2.45) is 0 Å². The van der Waals surface area contributed by atoms with Gasteiger partial charge in [-0.1, -0.05) is 12.1 Å². The summed E-state index contributed by atoms with van der Waals surface area (Å²) < 4.78 is 18.1.